The zero-order valence-corrected chi connectivity index (χ0v) is 19.2. The van der Waals surface area contributed by atoms with Crippen molar-refractivity contribution in [3.8, 4) is 0 Å². The van der Waals surface area contributed by atoms with Crippen LogP contribution in [0.3, 0.4) is 0 Å². The van der Waals surface area contributed by atoms with Gasteiger partial charge in [0, 0.05) is 13.0 Å². The number of allylic oxidation sites excluding steroid dienone is 4. The summed E-state index contributed by atoms with van der Waals surface area (Å²) in [6, 6.07) is 0. The summed E-state index contributed by atoms with van der Waals surface area (Å²) in [5, 5.41) is 12.0. The van der Waals surface area contributed by atoms with Gasteiger partial charge in [0.2, 0.25) is 11.6 Å². The maximum Gasteiger partial charge on any atom is 0.353 e. The Kier molecular flexibility index (Phi) is 18.2. The maximum absolute atomic E-state index is 11.7. The highest BCUT2D eigenvalue weighted by molar-refractivity contribution is 5.77. The molecule has 0 fully saturated rings. The van der Waals surface area contributed by atoms with E-state index in [-0.39, 0.29) is 12.5 Å². The summed E-state index contributed by atoms with van der Waals surface area (Å²) >= 11 is 0. The van der Waals surface area contributed by atoms with Gasteiger partial charge < -0.3 is 15.2 Å². The number of ether oxygens (including phenoxy) is 1. The van der Waals surface area contributed by atoms with Crippen LogP contribution >= 0.6 is 0 Å². The molecule has 174 valence electrons. The van der Waals surface area contributed by atoms with E-state index in [9.17, 15) is 14.7 Å². The molecule has 0 aromatic carbocycles. The van der Waals surface area contributed by atoms with Crippen LogP contribution in [0, 0.1) is 0 Å². The Morgan fingerprint density at radius 3 is 2.17 bits per heavy atom. The van der Waals surface area contributed by atoms with Crippen molar-refractivity contribution in [2.45, 2.75) is 103 Å². The van der Waals surface area contributed by atoms with Crippen molar-refractivity contribution >= 4 is 11.9 Å². The zero-order valence-electron chi connectivity index (χ0n) is 19.2. The van der Waals surface area contributed by atoms with Crippen LogP contribution in [0.15, 0.2) is 24.3 Å². The summed E-state index contributed by atoms with van der Waals surface area (Å²) in [4.78, 5) is 23.0. The van der Waals surface area contributed by atoms with E-state index in [1.165, 1.54) is 45.4 Å². The van der Waals surface area contributed by atoms with E-state index in [4.69, 9.17) is 10.5 Å². The quantitative estimate of drug-likeness (QED) is 0.122. The van der Waals surface area contributed by atoms with E-state index in [1.807, 2.05) is 0 Å². The minimum Gasteiger partial charge on any atom is -0.462 e. The van der Waals surface area contributed by atoms with Crippen LogP contribution in [0.2, 0.25) is 0 Å². The molecule has 0 saturated heterocycles. The standard InChI is InChI=1S/C24H44N2O4/c1-3-4-5-6-7-8-9-10-11-12-13-14-15-16-17-19-22(27)26-20-18-21-30-23(28)24(2,25)29/h7-8,10-11,29H,3-6,9,12-21,25H2,1-2H3,(H,26,27)/b8-7-,11-10-. The Morgan fingerprint density at radius 1 is 0.933 bits per heavy atom. The SMILES string of the molecule is CCCCC/C=C\C/C=C\CCCCCCCC(=O)NCCCOC(=O)C(C)(N)O. The molecule has 1 amide bonds. The number of amides is 1. The molecule has 1 unspecified atom stereocenters. The second kappa shape index (κ2) is 19.3. The first-order chi connectivity index (χ1) is 14.4. The molecule has 0 aliphatic heterocycles. The molecule has 6 nitrogen and oxygen atoms in total. The van der Waals surface area contributed by atoms with Crippen LogP contribution in [0.25, 0.3) is 0 Å². The molecule has 4 N–H and O–H groups in total. The van der Waals surface area contributed by atoms with Crippen molar-refractivity contribution in [1.29, 1.82) is 0 Å². The molecule has 0 radical (unpaired) electrons. The van der Waals surface area contributed by atoms with Gasteiger partial charge in [-0.05, 0) is 51.9 Å². The fraction of sp³-hybridized carbons (Fsp3) is 0.750. The van der Waals surface area contributed by atoms with Crippen LogP contribution in [0.5, 0.6) is 0 Å². The second-order valence-corrected chi connectivity index (χ2v) is 7.97. The Morgan fingerprint density at radius 2 is 1.53 bits per heavy atom. The zero-order chi connectivity index (χ0) is 22.5. The van der Waals surface area contributed by atoms with Crippen molar-refractivity contribution in [1.82, 2.24) is 5.32 Å². The van der Waals surface area contributed by atoms with E-state index >= 15 is 0 Å². The molecule has 0 rings (SSSR count). The van der Waals surface area contributed by atoms with E-state index in [0.29, 0.717) is 19.4 Å². The van der Waals surface area contributed by atoms with Gasteiger partial charge in [-0.3, -0.25) is 10.5 Å². The van der Waals surface area contributed by atoms with E-state index in [1.54, 1.807) is 0 Å². The third-order valence-corrected chi connectivity index (χ3v) is 4.64. The molecule has 0 aliphatic rings. The molecule has 0 spiro atoms. The lowest BCUT2D eigenvalue weighted by Crippen LogP contribution is -2.46. The van der Waals surface area contributed by atoms with E-state index in [0.717, 1.165) is 32.1 Å². The van der Waals surface area contributed by atoms with Gasteiger partial charge in [-0.25, -0.2) is 4.79 Å². The summed E-state index contributed by atoms with van der Waals surface area (Å²) in [7, 11) is 0. The average molecular weight is 425 g/mol. The molecule has 0 aromatic heterocycles. The van der Waals surface area contributed by atoms with Crippen LogP contribution < -0.4 is 11.1 Å². The highest BCUT2D eigenvalue weighted by atomic mass is 16.6. The Bertz CT molecular complexity index is 496. The molecule has 0 aliphatic carbocycles. The van der Waals surface area contributed by atoms with Gasteiger partial charge in [-0.2, -0.15) is 0 Å². The summed E-state index contributed by atoms with van der Waals surface area (Å²) in [6.45, 7) is 3.96. The van der Waals surface area contributed by atoms with Crippen LogP contribution in [-0.2, 0) is 14.3 Å². The van der Waals surface area contributed by atoms with Gasteiger partial charge in [-0.15, -0.1) is 0 Å². The number of carbonyl (C=O) groups excluding carboxylic acids is 2. The van der Waals surface area contributed by atoms with Gasteiger partial charge in [0.15, 0.2) is 0 Å². The van der Waals surface area contributed by atoms with Crippen molar-refractivity contribution < 1.29 is 19.4 Å². The topological polar surface area (TPSA) is 102 Å². The van der Waals surface area contributed by atoms with Gasteiger partial charge in [0.1, 0.15) is 0 Å². The Labute approximate surface area is 183 Å². The lowest BCUT2D eigenvalue weighted by Gasteiger charge is -2.15. The number of aliphatic hydroxyl groups is 1. The highest BCUT2D eigenvalue weighted by Crippen LogP contribution is 2.08. The molecule has 0 heterocycles. The van der Waals surface area contributed by atoms with Crippen molar-refractivity contribution in [2.75, 3.05) is 13.2 Å². The lowest BCUT2D eigenvalue weighted by molar-refractivity contribution is -0.163. The van der Waals surface area contributed by atoms with Gasteiger partial charge in [0.25, 0.3) is 0 Å². The molecule has 0 bridgehead atoms. The molecule has 0 aromatic rings. The average Bonchev–Trinajstić information content (AvgIpc) is 2.69. The maximum atomic E-state index is 11.7. The monoisotopic (exact) mass is 424 g/mol. The smallest absolute Gasteiger partial charge is 0.353 e. The Balaban J connectivity index is 3.39. The largest absolute Gasteiger partial charge is 0.462 e. The third kappa shape index (κ3) is 19.6. The van der Waals surface area contributed by atoms with Crippen molar-refractivity contribution in [3.05, 3.63) is 24.3 Å². The number of rotatable bonds is 19. The van der Waals surface area contributed by atoms with Crippen LogP contribution in [0.1, 0.15) is 97.3 Å². The highest BCUT2D eigenvalue weighted by Gasteiger charge is 2.26. The van der Waals surface area contributed by atoms with Gasteiger partial charge >= 0.3 is 5.97 Å². The molecule has 1 atom stereocenters. The summed E-state index contributed by atoms with van der Waals surface area (Å²) < 4.78 is 4.81. The van der Waals surface area contributed by atoms with E-state index < -0.39 is 11.7 Å². The molecule has 0 saturated carbocycles. The third-order valence-electron chi connectivity index (χ3n) is 4.64. The predicted octanol–water partition coefficient (Wildman–Crippen LogP) is 4.52. The van der Waals surface area contributed by atoms with Gasteiger partial charge in [-0.1, -0.05) is 63.3 Å². The number of nitrogens with one attached hydrogen (secondary N) is 1. The summed E-state index contributed by atoms with van der Waals surface area (Å²) in [6.07, 6.45) is 22.9. The van der Waals surface area contributed by atoms with Gasteiger partial charge in [0.05, 0.1) is 6.61 Å². The minimum atomic E-state index is -1.97. The predicted molar refractivity (Wildman–Crippen MR) is 123 cm³/mol. The first-order valence-electron chi connectivity index (χ1n) is 11.6. The van der Waals surface area contributed by atoms with Crippen molar-refractivity contribution in [3.63, 3.8) is 0 Å². The lowest BCUT2D eigenvalue weighted by atomic mass is 10.1. The normalized spacial score (nSPS) is 13.6. The molecule has 6 heteroatoms. The first-order valence-corrected chi connectivity index (χ1v) is 11.6. The summed E-state index contributed by atoms with van der Waals surface area (Å²) in [5.41, 5.74) is 3.23. The fourth-order valence-corrected chi connectivity index (χ4v) is 2.80. The number of nitrogens with two attached hydrogens (primary N) is 1. The second-order valence-electron chi connectivity index (χ2n) is 7.97. The number of carbonyl (C=O) groups is 2. The van der Waals surface area contributed by atoms with Crippen molar-refractivity contribution in [2.24, 2.45) is 5.73 Å². The number of hydrogen-bond acceptors (Lipinski definition) is 5. The van der Waals surface area contributed by atoms with E-state index in [2.05, 4.69) is 36.5 Å². The number of unbranched alkanes of at least 4 members (excludes halogenated alkanes) is 8. The first kappa shape index (κ1) is 28.3. The number of hydrogen-bond donors (Lipinski definition) is 3. The summed E-state index contributed by atoms with van der Waals surface area (Å²) in [5.74, 6) is -0.836. The Hall–Kier alpha value is -1.66. The molecular weight excluding hydrogens is 380 g/mol. The minimum absolute atomic E-state index is 0.0258. The van der Waals surface area contributed by atoms with Crippen LogP contribution in [-0.4, -0.2) is 35.9 Å². The fourth-order valence-electron chi connectivity index (χ4n) is 2.80. The van der Waals surface area contributed by atoms with Crippen LogP contribution in [0.4, 0.5) is 0 Å². The number of esters is 1. The molecular formula is C24H44N2O4. The molecule has 30 heavy (non-hydrogen) atoms.